The van der Waals surface area contributed by atoms with E-state index in [9.17, 15) is 0 Å². The lowest BCUT2D eigenvalue weighted by atomic mass is 10.1. The summed E-state index contributed by atoms with van der Waals surface area (Å²) in [6, 6.07) is 0.481. The van der Waals surface area contributed by atoms with Crippen LogP contribution in [0.15, 0.2) is 0 Å². The fourth-order valence-electron chi connectivity index (χ4n) is 3.49. The highest BCUT2D eigenvalue weighted by molar-refractivity contribution is 5.22. The fourth-order valence-corrected chi connectivity index (χ4v) is 3.49. The van der Waals surface area contributed by atoms with Crippen molar-refractivity contribution in [1.82, 2.24) is 19.8 Å². The summed E-state index contributed by atoms with van der Waals surface area (Å²) in [5.74, 6) is 1.73. The molecule has 2 aliphatic heterocycles. The van der Waals surface area contributed by atoms with Gasteiger partial charge < -0.3 is 14.6 Å². The van der Waals surface area contributed by atoms with Crippen molar-refractivity contribution in [1.29, 1.82) is 0 Å². The lowest BCUT2D eigenvalue weighted by molar-refractivity contribution is 0.0322. The van der Waals surface area contributed by atoms with E-state index in [2.05, 4.69) is 35.6 Å². The van der Waals surface area contributed by atoms with Crippen LogP contribution in [0.5, 0.6) is 0 Å². The minimum Gasteiger partial charge on any atom is -0.379 e. The maximum Gasteiger partial charge on any atom is 0.112 e. The molecule has 1 unspecified atom stereocenters. The molecular weight excluding hydrogens is 264 g/mol. The molecular formula is C16H28N4O. The lowest BCUT2D eigenvalue weighted by Gasteiger charge is -2.31. The minimum absolute atomic E-state index is 0.475. The minimum atomic E-state index is 0.475. The van der Waals surface area contributed by atoms with Gasteiger partial charge in [0.15, 0.2) is 0 Å². The summed E-state index contributed by atoms with van der Waals surface area (Å²) in [4.78, 5) is 7.44. The first-order valence-electron chi connectivity index (χ1n) is 8.27. The molecule has 3 heterocycles. The monoisotopic (exact) mass is 292 g/mol. The van der Waals surface area contributed by atoms with Crippen LogP contribution in [0.2, 0.25) is 0 Å². The van der Waals surface area contributed by atoms with Crippen LogP contribution in [0, 0.1) is 0 Å². The van der Waals surface area contributed by atoms with Crippen molar-refractivity contribution in [3.05, 3.63) is 17.2 Å². The highest BCUT2D eigenvalue weighted by atomic mass is 16.5. The average molecular weight is 292 g/mol. The Morgan fingerprint density at radius 1 is 1.24 bits per heavy atom. The zero-order valence-corrected chi connectivity index (χ0v) is 13.6. The normalized spacial score (nSPS) is 21.5. The van der Waals surface area contributed by atoms with Crippen LogP contribution in [0.1, 0.15) is 49.9 Å². The third-order valence-electron chi connectivity index (χ3n) is 4.53. The molecule has 5 heteroatoms. The maximum absolute atomic E-state index is 5.46. The van der Waals surface area contributed by atoms with Gasteiger partial charge in [-0.3, -0.25) is 4.90 Å². The molecule has 118 valence electrons. The van der Waals surface area contributed by atoms with Crippen molar-refractivity contribution < 1.29 is 4.74 Å². The van der Waals surface area contributed by atoms with Crippen LogP contribution in [-0.2, 0) is 17.7 Å². The predicted octanol–water partition coefficient (Wildman–Crippen LogP) is 1.55. The molecule has 0 saturated carbocycles. The van der Waals surface area contributed by atoms with Crippen molar-refractivity contribution in [2.45, 2.75) is 45.7 Å². The summed E-state index contributed by atoms with van der Waals surface area (Å²) in [5, 5.41) is 3.44. The second-order valence-corrected chi connectivity index (χ2v) is 6.58. The number of morpholine rings is 1. The van der Waals surface area contributed by atoms with E-state index in [0.717, 1.165) is 52.4 Å². The molecule has 0 aliphatic carbocycles. The summed E-state index contributed by atoms with van der Waals surface area (Å²) >= 11 is 0. The molecule has 0 spiro atoms. The van der Waals surface area contributed by atoms with E-state index in [-0.39, 0.29) is 0 Å². The maximum atomic E-state index is 5.46. The van der Waals surface area contributed by atoms with Gasteiger partial charge in [-0.1, -0.05) is 13.8 Å². The zero-order chi connectivity index (χ0) is 14.8. The number of rotatable bonds is 4. The third kappa shape index (κ3) is 3.15. The van der Waals surface area contributed by atoms with E-state index >= 15 is 0 Å². The second-order valence-electron chi connectivity index (χ2n) is 6.58. The SMILES string of the molecule is CC(C)c1nc2c(n1C(C)CN1CCOCC1)CCNC2. The standard InChI is InChI=1S/C16H28N4O/c1-12(2)16-18-14-10-17-5-4-15(14)20(16)13(3)11-19-6-8-21-9-7-19/h12-13,17H,4-11H2,1-3H3. The van der Waals surface area contributed by atoms with Crippen molar-refractivity contribution in [2.75, 3.05) is 39.4 Å². The summed E-state index contributed by atoms with van der Waals surface area (Å²) < 4.78 is 7.98. The van der Waals surface area contributed by atoms with Crippen LogP contribution in [0.4, 0.5) is 0 Å². The molecule has 0 radical (unpaired) electrons. The van der Waals surface area contributed by atoms with E-state index in [1.807, 2.05) is 0 Å². The van der Waals surface area contributed by atoms with Gasteiger partial charge in [-0.05, 0) is 6.92 Å². The molecule has 1 aromatic rings. The molecule has 2 aliphatic rings. The molecule has 0 amide bonds. The summed E-state index contributed by atoms with van der Waals surface area (Å²) in [6.45, 7) is 13.8. The summed E-state index contributed by atoms with van der Waals surface area (Å²) in [6.07, 6.45) is 1.10. The first-order chi connectivity index (χ1) is 10.2. The Balaban J connectivity index is 1.83. The van der Waals surface area contributed by atoms with E-state index in [1.165, 1.54) is 17.2 Å². The van der Waals surface area contributed by atoms with E-state index in [4.69, 9.17) is 9.72 Å². The van der Waals surface area contributed by atoms with Crippen LogP contribution >= 0.6 is 0 Å². The Morgan fingerprint density at radius 2 is 2.00 bits per heavy atom. The zero-order valence-electron chi connectivity index (χ0n) is 13.6. The molecule has 1 N–H and O–H groups in total. The van der Waals surface area contributed by atoms with Crippen LogP contribution in [-0.4, -0.2) is 53.8 Å². The third-order valence-corrected chi connectivity index (χ3v) is 4.53. The molecule has 0 aromatic carbocycles. The Morgan fingerprint density at radius 3 is 2.71 bits per heavy atom. The topological polar surface area (TPSA) is 42.3 Å². The van der Waals surface area contributed by atoms with E-state index in [1.54, 1.807) is 0 Å². The fraction of sp³-hybridized carbons (Fsp3) is 0.812. The number of nitrogens with one attached hydrogen (secondary N) is 1. The van der Waals surface area contributed by atoms with Crippen molar-refractivity contribution in [3.8, 4) is 0 Å². The smallest absolute Gasteiger partial charge is 0.112 e. The molecule has 1 atom stereocenters. The highest BCUT2D eigenvalue weighted by Gasteiger charge is 2.25. The van der Waals surface area contributed by atoms with Gasteiger partial charge in [-0.25, -0.2) is 4.98 Å². The molecule has 1 aromatic heterocycles. The lowest BCUT2D eigenvalue weighted by Crippen LogP contribution is -2.40. The predicted molar refractivity (Wildman–Crippen MR) is 83.7 cm³/mol. The number of ether oxygens (including phenoxy) is 1. The molecule has 3 rings (SSSR count). The van der Waals surface area contributed by atoms with Gasteiger partial charge in [-0.15, -0.1) is 0 Å². The van der Waals surface area contributed by atoms with Gasteiger partial charge >= 0.3 is 0 Å². The van der Waals surface area contributed by atoms with Crippen molar-refractivity contribution in [2.24, 2.45) is 0 Å². The Kier molecular flexibility index (Phi) is 4.62. The molecule has 0 bridgehead atoms. The number of hydrogen-bond donors (Lipinski definition) is 1. The second kappa shape index (κ2) is 6.46. The van der Waals surface area contributed by atoms with Gasteiger partial charge in [0, 0.05) is 56.8 Å². The first-order valence-corrected chi connectivity index (χ1v) is 8.27. The van der Waals surface area contributed by atoms with Crippen LogP contribution in [0.3, 0.4) is 0 Å². The van der Waals surface area contributed by atoms with Gasteiger partial charge in [-0.2, -0.15) is 0 Å². The Labute approximate surface area is 127 Å². The Bertz CT molecular complexity index is 477. The van der Waals surface area contributed by atoms with Crippen LogP contribution < -0.4 is 5.32 Å². The molecule has 21 heavy (non-hydrogen) atoms. The average Bonchev–Trinajstić information content (AvgIpc) is 2.88. The molecule has 5 nitrogen and oxygen atoms in total. The number of nitrogens with zero attached hydrogens (tertiary/aromatic N) is 3. The van der Waals surface area contributed by atoms with Crippen molar-refractivity contribution >= 4 is 0 Å². The Hall–Kier alpha value is -0.910. The number of imidazole rings is 1. The van der Waals surface area contributed by atoms with E-state index < -0.39 is 0 Å². The number of aromatic nitrogens is 2. The van der Waals surface area contributed by atoms with Gasteiger partial charge in [0.2, 0.25) is 0 Å². The molecule has 1 fully saturated rings. The first kappa shape index (κ1) is 15.0. The van der Waals surface area contributed by atoms with E-state index in [0.29, 0.717) is 12.0 Å². The van der Waals surface area contributed by atoms with Gasteiger partial charge in [0.05, 0.1) is 18.9 Å². The largest absolute Gasteiger partial charge is 0.379 e. The quantitative estimate of drug-likeness (QED) is 0.914. The number of fused-ring (bicyclic) bond motifs is 1. The van der Waals surface area contributed by atoms with Gasteiger partial charge in [0.1, 0.15) is 5.82 Å². The molecule has 1 saturated heterocycles. The highest BCUT2D eigenvalue weighted by Crippen LogP contribution is 2.26. The van der Waals surface area contributed by atoms with Gasteiger partial charge in [0.25, 0.3) is 0 Å². The van der Waals surface area contributed by atoms with Crippen molar-refractivity contribution in [3.63, 3.8) is 0 Å². The summed E-state index contributed by atoms with van der Waals surface area (Å²) in [7, 11) is 0. The summed E-state index contributed by atoms with van der Waals surface area (Å²) in [5.41, 5.74) is 2.72. The van der Waals surface area contributed by atoms with Crippen LogP contribution in [0.25, 0.3) is 0 Å². The number of hydrogen-bond acceptors (Lipinski definition) is 4.